The Hall–Kier alpha value is -2.36. The molecule has 0 aliphatic carbocycles. The Morgan fingerprint density at radius 3 is 2.88 bits per heavy atom. The van der Waals surface area contributed by atoms with Gasteiger partial charge in [0.15, 0.2) is 0 Å². The van der Waals surface area contributed by atoms with Crippen molar-refractivity contribution in [1.29, 1.82) is 0 Å². The third-order valence-electron chi connectivity index (χ3n) is 6.17. The van der Waals surface area contributed by atoms with E-state index in [1.165, 1.54) is 36.2 Å². The SMILES string of the molecule is CC[C@H]1[C@H](C)[C@H](n2nnc3ccccc32)c2cccc3c2N1CCC3. The summed E-state index contributed by atoms with van der Waals surface area (Å²) in [6, 6.07) is 16.0. The molecule has 2 aliphatic heterocycles. The van der Waals surface area contributed by atoms with E-state index in [1.54, 1.807) is 0 Å². The monoisotopic (exact) mass is 332 g/mol. The van der Waals surface area contributed by atoms with E-state index >= 15 is 0 Å². The van der Waals surface area contributed by atoms with Crippen molar-refractivity contribution in [1.82, 2.24) is 15.0 Å². The molecule has 0 spiro atoms. The first-order valence-corrected chi connectivity index (χ1v) is 9.48. The summed E-state index contributed by atoms with van der Waals surface area (Å²) in [5, 5.41) is 9.01. The summed E-state index contributed by atoms with van der Waals surface area (Å²) in [5.41, 5.74) is 6.52. The molecule has 128 valence electrons. The van der Waals surface area contributed by atoms with Crippen LogP contribution < -0.4 is 4.90 Å². The van der Waals surface area contributed by atoms with Crippen LogP contribution in [0.5, 0.6) is 0 Å². The fourth-order valence-corrected chi connectivity index (χ4v) is 5.10. The quantitative estimate of drug-likeness (QED) is 0.705. The lowest BCUT2D eigenvalue weighted by Gasteiger charge is -2.49. The fraction of sp³-hybridized carbons (Fsp3) is 0.429. The zero-order valence-electron chi connectivity index (χ0n) is 14.9. The molecule has 0 saturated carbocycles. The number of hydrogen-bond donors (Lipinski definition) is 0. The first-order valence-electron chi connectivity index (χ1n) is 9.48. The average Bonchev–Trinajstić information content (AvgIpc) is 3.06. The van der Waals surface area contributed by atoms with E-state index in [0.29, 0.717) is 12.0 Å². The van der Waals surface area contributed by atoms with Gasteiger partial charge in [0.05, 0.1) is 11.6 Å². The van der Waals surface area contributed by atoms with E-state index in [1.807, 2.05) is 6.07 Å². The summed E-state index contributed by atoms with van der Waals surface area (Å²) >= 11 is 0. The molecule has 25 heavy (non-hydrogen) atoms. The Balaban J connectivity index is 1.76. The maximum absolute atomic E-state index is 4.58. The molecular weight excluding hydrogens is 308 g/mol. The topological polar surface area (TPSA) is 34.0 Å². The van der Waals surface area contributed by atoms with Crippen LogP contribution in [0.4, 0.5) is 5.69 Å². The summed E-state index contributed by atoms with van der Waals surface area (Å²) < 4.78 is 2.17. The van der Waals surface area contributed by atoms with Crippen molar-refractivity contribution in [2.45, 2.75) is 45.2 Å². The van der Waals surface area contributed by atoms with Gasteiger partial charge in [-0.1, -0.05) is 49.4 Å². The molecule has 0 unspecified atom stereocenters. The summed E-state index contributed by atoms with van der Waals surface area (Å²) in [6.45, 7) is 5.89. The maximum atomic E-state index is 4.58. The predicted molar refractivity (Wildman–Crippen MR) is 101 cm³/mol. The van der Waals surface area contributed by atoms with Crippen LogP contribution >= 0.6 is 0 Å². The normalized spacial score (nSPS) is 25.2. The Morgan fingerprint density at radius 1 is 1.12 bits per heavy atom. The molecule has 3 aromatic rings. The average molecular weight is 332 g/mol. The summed E-state index contributed by atoms with van der Waals surface area (Å²) in [4.78, 5) is 2.68. The Morgan fingerprint density at radius 2 is 2.00 bits per heavy atom. The van der Waals surface area contributed by atoms with Gasteiger partial charge in [-0.2, -0.15) is 0 Å². The number of fused-ring (bicyclic) bond motifs is 1. The molecular formula is C21H24N4. The standard InChI is InChI=1S/C21H24N4/c1-3-18-14(2)20(25-19-12-5-4-11-17(19)22-23-25)16-10-6-8-15-9-7-13-24(18)21(15)16/h4-6,8,10-12,14,18,20H,3,7,9,13H2,1-2H3/t14-,18-,20-/m0/s1. The Kier molecular flexibility index (Phi) is 3.34. The number of aryl methyl sites for hydroxylation is 1. The third-order valence-corrected chi connectivity index (χ3v) is 6.17. The summed E-state index contributed by atoms with van der Waals surface area (Å²) in [5.74, 6) is 0.496. The van der Waals surface area contributed by atoms with Crippen LogP contribution in [0.2, 0.25) is 0 Å². The minimum atomic E-state index is 0.252. The predicted octanol–water partition coefficient (Wildman–Crippen LogP) is 4.20. The van der Waals surface area contributed by atoms with Crippen molar-refractivity contribution in [3.8, 4) is 0 Å². The van der Waals surface area contributed by atoms with Gasteiger partial charge in [0.25, 0.3) is 0 Å². The maximum Gasteiger partial charge on any atom is 0.113 e. The van der Waals surface area contributed by atoms with E-state index in [4.69, 9.17) is 0 Å². The van der Waals surface area contributed by atoms with Gasteiger partial charge in [-0.25, -0.2) is 4.68 Å². The van der Waals surface area contributed by atoms with Gasteiger partial charge < -0.3 is 4.90 Å². The van der Waals surface area contributed by atoms with Crippen LogP contribution in [0.3, 0.4) is 0 Å². The fourth-order valence-electron chi connectivity index (χ4n) is 5.10. The number of anilines is 1. The van der Waals surface area contributed by atoms with Crippen molar-refractivity contribution >= 4 is 16.7 Å². The van der Waals surface area contributed by atoms with Crippen molar-refractivity contribution < 1.29 is 0 Å². The highest BCUT2D eigenvalue weighted by molar-refractivity contribution is 5.75. The smallest absolute Gasteiger partial charge is 0.113 e. The van der Waals surface area contributed by atoms with Gasteiger partial charge in [0.1, 0.15) is 5.52 Å². The van der Waals surface area contributed by atoms with Gasteiger partial charge in [0, 0.05) is 29.8 Å². The van der Waals surface area contributed by atoms with Crippen LogP contribution in [0.25, 0.3) is 11.0 Å². The lowest BCUT2D eigenvalue weighted by Crippen LogP contribution is -2.49. The Bertz CT molecular complexity index is 929. The number of hydrogen-bond acceptors (Lipinski definition) is 3. The van der Waals surface area contributed by atoms with Gasteiger partial charge in [-0.15, -0.1) is 5.10 Å². The highest BCUT2D eigenvalue weighted by Gasteiger charge is 2.41. The van der Waals surface area contributed by atoms with Gasteiger partial charge in [0.2, 0.25) is 0 Å². The van der Waals surface area contributed by atoms with E-state index < -0.39 is 0 Å². The molecule has 0 saturated heterocycles. The molecule has 0 fully saturated rings. The van der Waals surface area contributed by atoms with Crippen molar-refractivity contribution in [2.75, 3.05) is 11.4 Å². The number of para-hydroxylation sites is 2. The number of nitrogens with zero attached hydrogens (tertiary/aromatic N) is 4. The molecule has 2 aromatic carbocycles. The van der Waals surface area contributed by atoms with Crippen LogP contribution in [0.15, 0.2) is 42.5 Å². The third kappa shape index (κ3) is 2.06. The van der Waals surface area contributed by atoms with Crippen LogP contribution in [0.1, 0.15) is 43.9 Å². The molecule has 2 aliphatic rings. The molecule has 0 N–H and O–H groups in total. The lowest BCUT2D eigenvalue weighted by atomic mass is 9.78. The van der Waals surface area contributed by atoms with Crippen molar-refractivity contribution in [2.24, 2.45) is 5.92 Å². The molecule has 4 heteroatoms. The first kappa shape index (κ1) is 14.9. The summed E-state index contributed by atoms with van der Waals surface area (Å²) in [7, 11) is 0. The number of benzene rings is 2. The van der Waals surface area contributed by atoms with Crippen LogP contribution in [-0.4, -0.2) is 27.6 Å². The molecule has 0 bridgehead atoms. The molecule has 3 heterocycles. The van der Waals surface area contributed by atoms with Crippen molar-refractivity contribution in [3.05, 3.63) is 53.6 Å². The highest BCUT2D eigenvalue weighted by Crippen LogP contribution is 2.47. The Labute approximate surface area is 148 Å². The summed E-state index contributed by atoms with van der Waals surface area (Å²) in [6.07, 6.45) is 3.62. The minimum absolute atomic E-state index is 0.252. The minimum Gasteiger partial charge on any atom is -0.368 e. The largest absolute Gasteiger partial charge is 0.368 e. The molecule has 3 atom stereocenters. The van der Waals surface area contributed by atoms with E-state index in [0.717, 1.165) is 17.5 Å². The van der Waals surface area contributed by atoms with E-state index in [-0.39, 0.29) is 6.04 Å². The second-order valence-electron chi connectivity index (χ2n) is 7.45. The lowest BCUT2D eigenvalue weighted by molar-refractivity contribution is 0.284. The highest BCUT2D eigenvalue weighted by atomic mass is 15.4. The van der Waals surface area contributed by atoms with Gasteiger partial charge in [-0.05, 0) is 37.0 Å². The van der Waals surface area contributed by atoms with Crippen LogP contribution in [0, 0.1) is 5.92 Å². The molecule has 5 rings (SSSR count). The van der Waals surface area contributed by atoms with Gasteiger partial charge >= 0.3 is 0 Å². The van der Waals surface area contributed by atoms with Crippen LogP contribution in [-0.2, 0) is 6.42 Å². The number of aromatic nitrogens is 3. The van der Waals surface area contributed by atoms with Crippen molar-refractivity contribution in [3.63, 3.8) is 0 Å². The molecule has 0 radical (unpaired) electrons. The number of rotatable bonds is 2. The molecule has 0 amide bonds. The van der Waals surface area contributed by atoms with Gasteiger partial charge in [-0.3, -0.25) is 0 Å². The zero-order valence-corrected chi connectivity index (χ0v) is 14.9. The van der Waals surface area contributed by atoms with E-state index in [2.05, 4.69) is 70.1 Å². The zero-order chi connectivity index (χ0) is 17.0. The molecule has 1 aromatic heterocycles. The first-order chi connectivity index (χ1) is 12.3. The second-order valence-corrected chi connectivity index (χ2v) is 7.45. The molecule has 4 nitrogen and oxygen atoms in total. The second kappa shape index (κ2) is 5.58. The van der Waals surface area contributed by atoms with E-state index in [9.17, 15) is 0 Å².